The SMILES string of the molecule is CC(C)Oc1ccc2c(=O)[nH]c(N3CCC(Cc4ccccc4)(C(=O)O)CC3)nc2c1. The Hall–Kier alpha value is -3.35. The van der Waals surface area contributed by atoms with E-state index in [1.54, 1.807) is 18.2 Å². The highest BCUT2D eigenvalue weighted by atomic mass is 16.5. The van der Waals surface area contributed by atoms with E-state index in [1.165, 1.54) is 0 Å². The summed E-state index contributed by atoms with van der Waals surface area (Å²) in [5.74, 6) is 0.363. The van der Waals surface area contributed by atoms with Crippen molar-refractivity contribution in [1.29, 1.82) is 0 Å². The van der Waals surface area contributed by atoms with Gasteiger partial charge in [0, 0.05) is 19.2 Å². The van der Waals surface area contributed by atoms with Crippen LogP contribution in [0.1, 0.15) is 32.3 Å². The zero-order valence-electron chi connectivity index (χ0n) is 17.8. The van der Waals surface area contributed by atoms with Crippen molar-refractivity contribution in [2.75, 3.05) is 18.0 Å². The number of aliphatic carboxylic acids is 1. The summed E-state index contributed by atoms with van der Waals surface area (Å²) in [7, 11) is 0. The number of nitrogens with zero attached hydrogens (tertiary/aromatic N) is 2. The normalized spacial score (nSPS) is 15.9. The van der Waals surface area contributed by atoms with Gasteiger partial charge in [0.15, 0.2) is 0 Å². The molecule has 0 bridgehead atoms. The maximum Gasteiger partial charge on any atom is 0.310 e. The molecular weight excluding hydrogens is 394 g/mol. The average Bonchev–Trinajstić information content (AvgIpc) is 2.74. The highest BCUT2D eigenvalue weighted by molar-refractivity contribution is 5.80. The third-order valence-electron chi connectivity index (χ3n) is 5.90. The van der Waals surface area contributed by atoms with Crippen molar-refractivity contribution in [2.24, 2.45) is 5.41 Å². The van der Waals surface area contributed by atoms with Crippen molar-refractivity contribution in [2.45, 2.75) is 39.2 Å². The molecule has 1 aliphatic heterocycles. The fraction of sp³-hybridized carbons (Fsp3) is 0.375. The summed E-state index contributed by atoms with van der Waals surface area (Å²) in [6.45, 7) is 4.91. The number of carbonyl (C=O) groups is 1. The largest absolute Gasteiger partial charge is 0.491 e. The van der Waals surface area contributed by atoms with E-state index in [1.807, 2.05) is 49.1 Å². The third-order valence-corrected chi connectivity index (χ3v) is 5.90. The lowest BCUT2D eigenvalue weighted by atomic mass is 9.74. The lowest BCUT2D eigenvalue weighted by Gasteiger charge is -2.39. The molecule has 2 aromatic carbocycles. The predicted octanol–water partition coefficient (Wildman–Crippen LogP) is 3.62. The lowest BCUT2D eigenvalue weighted by Crippen LogP contribution is -2.46. The van der Waals surface area contributed by atoms with Crippen molar-refractivity contribution in [3.05, 3.63) is 64.4 Å². The van der Waals surface area contributed by atoms with Crippen molar-refractivity contribution in [3.63, 3.8) is 0 Å². The van der Waals surface area contributed by atoms with E-state index in [-0.39, 0.29) is 11.7 Å². The summed E-state index contributed by atoms with van der Waals surface area (Å²) in [6, 6.07) is 15.0. The van der Waals surface area contributed by atoms with Crippen molar-refractivity contribution < 1.29 is 14.6 Å². The van der Waals surface area contributed by atoms with E-state index in [0.717, 1.165) is 5.56 Å². The predicted molar refractivity (Wildman–Crippen MR) is 120 cm³/mol. The Bertz CT molecular complexity index is 1130. The summed E-state index contributed by atoms with van der Waals surface area (Å²) in [6.07, 6.45) is 1.48. The highest BCUT2D eigenvalue weighted by Crippen LogP contribution is 2.36. The van der Waals surface area contributed by atoms with Crippen molar-refractivity contribution in [1.82, 2.24) is 9.97 Å². The zero-order valence-corrected chi connectivity index (χ0v) is 17.8. The number of anilines is 1. The summed E-state index contributed by atoms with van der Waals surface area (Å²) in [5.41, 5.74) is 0.563. The van der Waals surface area contributed by atoms with Crippen molar-refractivity contribution in [3.8, 4) is 5.75 Å². The number of carboxylic acids is 1. The lowest BCUT2D eigenvalue weighted by molar-refractivity contribution is -0.150. The molecule has 2 N–H and O–H groups in total. The molecule has 0 amide bonds. The number of fused-ring (bicyclic) bond motifs is 1. The van der Waals surface area contributed by atoms with E-state index in [2.05, 4.69) is 9.97 Å². The molecule has 0 atom stereocenters. The van der Waals surface area contributed by atoms with Gasteiger partial charge >= 0.3 is 5.97 Å². The second-order valence-corrected chi connectivity index (χ2v) is 8.47. The van der Waals surface area contributed by atoms with Crippen LogP contribution in [0.3, 0.4) is 0 Å². The minimum Gasteiger partial charge on any atom is -0.491 e. The number of benzene rings is 2. The Morgan fingerprint density at radius 3 is 2.55 bits per heavy atom. The number of hydrogen-bond acceptors (Lipinski definition) is 5. The smallest absolute Gasteiger partial charge is 0.310 e. The van der Waals surface area contributed by atoms with Crippen molar-refractivity contribution >= 4 is 22.8 Å². The van der Waals surface area contributed by atoms with Crippen LogP contribution in [0.5, 0.6) is 5.75 Å². The second kappa shape index (κ2) is 8.41. The molecule has 7 nitrogen and oxygen atoms in total. The molecule has 31 heavy (non-hydrogen) atoms. The maximum absolute atomic E-state index is 12.6. The third kappa shape index (κ3) is 4.40. The molecule has 1 aromatic heterocycles. The first kappa shape index (κ1) is 20.9. The molecule has 3 aromatic rings. The molecule has 1 aliphatic rings. The minimum absolute atomic E-state index is 0.0229. The summed E-state index contributed by atoms with van der Waals surface area (Å²) >= 11 is 0. The van der Waals surface area contributed by atoms with Gasteiger partial charge in [0.05, 0.1) is 22.4 Å². The Morgan fingerprint density at radius 1 is 1.19 bits per heavy atom. The van der Waals surface area contributed by atoms with Crippen LogP contribution >= 0.6 is 0 Å². The van der Waals surface area contributed by atoms with E-state index in [9.17, 15) is 14.7 Å². The Morgan fingerprint density at radius 2 is 1.90 bits per heavy atom. The van der Waals surface area contributed by atoms with Gasteiger partial charge in [-0.25, -0.2) is 4.98 Å². The monoisotopic (exact) mass is 421 g/mol. The highest BCUT2D eigenvalue weighted by Gasteiger charge is 2.42. The summed E-state index contributed by atoms with van der Waals surface area (Å²) < 4.78 is 5.73. The van der Waals surface area contributed by atoms with E-state index in [0.29, 0.717) is 55.0 Å². The van der Waals surface area contributed by atoms with Gasteiger partial charge in [0.2, 0.25) is 5.95 Å². The Kier molecular flexibility index (Phi) is 5.67. The topological polar surface area (TPSA) is 95.5 Å². The first-order valence-electron chi connectivity index (χ1n) is 10.6. The van der Waals surface area contributed by atoms with Gasteiger partial charge in [0.1, 0.15) is 5.75 Å². The molecule has 0 spiro atoms. The van der Waals surface area contributed by atoms with E-state index < -0.39 is 11.4 Å². The number of hydrogen-bond donors (Lipinski definition) is 2. The quantitative estimate of drug-likeness (QED) is 0.631. The molecule has 1 fully saturated rings. The van der Waals surface area contributed by atoms with Gasteiger partial charge in [-0.2, -0.15) is 0 Å². The minimum atomic E-state index is -0.812. The van der Waals surface area contributed by atoms with Crippen LogP contribution < -0.4 is 15.2 Å². The molecule has 4 rings (SSSR count). The molecule has 7 heteroatoms. The number of aromatic amines is 1. The van der Waals surface area contributed by atoms with Gasteiger partial charge in [-0.3, -0.25) is 14.6 Å². The fourth-order valence-corrected chi connectivity index (χ4v) is 4.20. The van der Waals surface area contributed by atoms with Gasteiger partial charge in [-0.1, -0.05) is 30.3 Å². The van der Waals surface area contributed by atoms with Crippen LogP contribution in [0.2, 0.25) is 0 Å². The Balaban J connectivity index is 1.57. The van der Waals surface area contributed by atoms with Crippen LogP contribution in [0.4, 0.5) is 5.95 Å². The zero-order chi connectivity index (χ0) is 22.0. The number of ether oxygens (including phenoxy) is 1. The molecular formula is C24H27N3O4. The Labute approximate surface area is 180 Å². The first-order valence-corrected chi connectivity index (χ1v) is 10.6. The van der Waals surface area contributed by atoms with Crippen LogP contribution in [-0.2, 0) is 11.2 Å². The van der Waals surface area contributed by atoms with Crippen LogP contribution in [0.15, 0.2) is 53.3 Å². The fourth-order valence-electron chi connectivity index (χ4n) is 4.20. The molecule has 0 unspecified atom stereocenters. The number of H-pyrrole nitrogens is 1. The summed E-state index contributed by atoms with van der Waals surface area (Å²) in [4.78, 5) is 34.2. The van der Waals surface area contributed by atoms with Crippen LogP contribution in [-0.4, -0.2) is 40.2 Å². The van der Waals surface area contributed by atoms with Gasteiger partial charge < -0.3 is 14.7 Å². The molecule has 2 heterocycles. The number of nitrogens with one attached hydrogen (secondary N) is 1. The molecule has 0 aliphatic carbocycles. The van der Waals surface area contributed by atoms with Gasteiger partial charge in [-0.15, -0.1) is 0 Å². The average molecular weight is 421 g/mol. The molecule has 162 valence electrons. The molecule has 0 radical (unpaired) electrons. The van der Waals surface area contributed by atoms with Crippen LogP contribution in [0.25, 0.3) is 10.9 Å². The number of carboxylic acid groups (broad SMARTS) is 1. The second-order valence-electron chi connectivity index (χ2n) is 8.47. The standard InChI is InChI=1S/C24H27N3O4/c1-16(2)31-18-8-9-19-20(14-18)25-23(26-21(19)28)27-12-10-24(11-13-27,22(29)30)15-17-6-4-3-5-7-17/h3-9,14,16H,10-13,15H2,1-2H3,(H,29,30)(H,25,26,28). The van der Waals surface area contributed by atoms with Crippen LogP contribution in [0, 0.1) is 5.41 Å². The van der Waals surface area contributed by atoms with E-state index >= 15 is 0 Å². The maximum atomic E-state index is 12.6. The van der Waals surface area contributed by atoms with E-state index in [4.69, 9.17) is 4.74 Å². The summed E-state index contributed by atoms with van der Waals surface area (Å²) in [5, 5.41) is 10.5. The number of rotatable bonds is 6. The first-order chi connectivity index (χ1) is 14.9. The molecule has 0 saturated carbocycles. The van der Waals surface area contributed by atoms with Gasteiger partial charge in [0.25, 0.3) is 5.56 Å². The number of piperidine rings is 1. The number of aromatic nitrogens is 2. The molecule has 1 saturated heterocycles. The van der Waals surface area contributed by atoms with Gasteiger partial charge in [-0.05, 0) is 50.8 Å².